The van der Waals surface area contributed by atoms with Crippen LogP contribution in [0.4, 0.5) is 0 Å². The van der Waals surface area contributed by atoms with Crippen LogP contribution < -0.4 is 9.47 Å². The summed E-state index contributed by atoms with van der Waals surface area (Å²) < 4.78 is 10.6. The number of carbonyl (C=O) groups excluding carboxylic acids is 1. The summed E-state index contributed by atoms with van der Waals surface area (Å²) in [4.78, 5) is 11.9. The number of aryl methyl sites for hydroxylation is 1. The molecule has 3 rings (SSSR count). The first kappa shape index (κ1) is 8.77. The third kappa shape index (κ3) is 1.23. The van der Waals surface area contributed by atoms with Gasteiger partial charge in [-0.2, -0.15) is 0 Å². The number of carbonyl (C=O) groups is 1. The number of hydrogen-bond acceptors (Lipinski definition) is 3. The van der Waals surface area contributed by atoms with Crippen molar-refractivity contribution in [3.8, 4) is 11.5 Å². The van der Waals surface area contributed by atoms with Crippen LogP contribution in [0, 0.1) is 5.92 Å². The SMILES string of the molecule is CC1CCc2cc3c(cc2C1=O)OCO3. The fourth-order valence-corrected chi connectivity index (χ4v) is 2.19. The highest BCUT2D eigenvalue weighted by Gasteiger charge is 2.27. The van der Waals surface area contributed by atoms with Crippen molar-refractivity contribution >= 4 is 5.78 Å². The number of hydrogen-bond donors (Lipinski definition) is 0. The van der Waals surface area contributed by atoms with Crippen LogP contribution in [-0.2, 0) is 6.42 Å². The Hall–Kier alpha value is -1.51. The maximum Gasteiger partial charge on any atom is 0.231 e. The third-order valence-corrected chi connectivity index (χ3v) is 3.16. The first-order chi connectivity index (χ1) is 7.25. The van der Waals surface area contributed by atoms with Crippen LogP contribution in [0.2, 0.25) is 0 Å². The Morgan fingerprint density at radius 1 is 1.27 bits per heavy atom. The molecule has 0 saturated carbocycles. The third-order valence-electron chi connectivity index (χ3n) is 3.16. The number of fused-ring (bicyclic) bond motifs is 2. The van der Waals surface area contributed by atoms with Crippen molar-refractivity contribution in [1.82, 2.24) is 0 Å². The highest BCUT2D eigenvalue weighted by Crippen LogP contribution is 2.38. The smallest absolute Gasteiger partial charge is 0.231 e. The molecule has 1 aliphatic heterocycles. The molecule has 1 aromatic carbocycles. The minimum atomic E-state index is 0.137. The molecule has 0 fully saturated rings. The van der Waals surface area contributed by atoms with E-state index in [9.17, 15) is 4.79 Å². The summed E-state index contributed by atoms with van der Waals surface area (Å²) in [5, 5.41) is 0. The summed E-state index contributed by atoms with van der Waals surface area (Å²) in [5.41, 5.74) is 1.92. The molecular weight excluding hydrogens is 192 g/mol. The molecule has 0 aromatic heterocycles. The summed E-state index contributed by atoms with van der Waals surface area (Å²) in [6, 6.07) is 3.77. The molecule has 1 aromatic rings. The molecule has 0 amide bonds. The monoisotopic (exact) mass is 204 g/mol. The molecule has 1 atom stereocenters. The van der Waals surface area contributed by atoms with Crippen LogP contribution in [0.25, 0.3) is 0 Å². The van der Waals surface area contributed by atoms with Gasteiger partial charge in [0.15, 0.2) is 17.3 Å². The zero-order valence-electron chi connectivity index (χ0n) is 8.58. The quantitative estimate of drug-likeness (QED) is 0.649. The molecule has 0 radical (unpaired) electrons. The van der Waals surface area contributed by atoms with Crippen LogP contribution in [-0.4, -0.2) is 12.6 Å². The van der Waals surface area contributed by atoms with Gasteiger partial charge in [-0.15, -0.1) is 0 Å². The van der Waals surface area contributed by atoms with Crippen molar-refractivity contribution in [3.05, 3.63) is 23.3 Å². The molecule has 15 heavy (non-hydrogen) atoms. The van der Waals surface area contributed by atoms with Gasteiger partial charge in [0, 0.05) is 11.5 Å². The first-order valence-electron chi connectivity index (χ1n) is 5.22. The Bertz CT molecular complexity index is 437. The molecule has 0 spiro atoms. The highest BCUT2D eigenvalue weighted by atomic mass is 16.7. The van der Waals surface area contributed by atoms with Gasteiger partial charge >= 0.3 is 0 Å². The highest BCUT2D eigenvalue weighted by molar-refractivity contribution is 6.00. The number of rotatable bonds is 0. The van der Waals surface area contributed by atoms with Crippen LogP contribution >= 0.6 is 0 Å². The Balaban J connectivity index is 2.14. The van der Waals surface area contributed by atoms with E-state index in [1.807, 2.05) is 19.1 Å². The van der Waals surface area contributed by atoms with E-state index in [1.165, 1.54) is 0 Å². The molecule has 3 heteroatoms. The van der Waals surface area contributed by atoms with Gasteiger partial charge in [0.1, 0.15) is 0 Å². The van der Waals surface area contributed by atoms with E-state index in [4.69, 9.17) is 9.47 Å². The minimum absolute atomic E-state index is 0.137. The second-order valence-electron chi connectivity index (χ2n) is 4.17. The molecule has 1 aliphatic carbocycles. The van der Waals surface area contributed by atoms with E-state index in [-0.39, 0.29) is 18.5 Å². The second kappa shape index (κ2) is 2.99. The molecule has 0 N–H and O–H groups in total. The Labute approximate surface area is 88.0 Å². The lowest BCUT2D eigenvalue weighted by molar-refractivity contribution is 0.0913. The molecule has 0 bridgehead atoms. The number of benzene rings is 1. The topological polar surface area (TPSA) is 35.5 Å². The lowest BCUT2D eigenvalue weighted by Gasteiger charge is -2.20. The standard InChI is InChI=1S/C12H12O3/c1-7-2-3-8-4-10-11(15-6-14-10)5-9(8)12(7)13/h4-5,7H,2-3,6H2,1H3. The largest absolute Gasteiger partial charge is 0.454 e. The maximum atomic E-state index is 11.9. The van der Waals surface area contributed by atoms with Gasteiger partial charge in [-0.25, -0.2) is 0 Å². The van der Waals surface area contributed by atoms with Crippen molar-refractivity contribution in [2.45, 2.75) is 19.8 Å². The normalized spacial score (nSPS) is 22.7. The predicted octanol–water partition coefficient (Wildman–Crippen LogP) is 2.18. The summed E-state index contributed by atoms with van der Waals surface area (Å²) in [7, 11) is 0. The molecule has 1 unspecified atom stereocenters. The van der Waals surface area contributed by atoms with E-state index in [0.717, 1.165) is 29.7 Å². The molecule has 78 valence electrons. The minimum Gasteiger partial charge on any atom is -0.454 e. The molecule has 1 heterocycles. The summed E-state index contributed by atoms with van der Waals surface area (Å²) in [6.45, 7) is 2.25. The van der Waals surface area contributed by atoms with E-state index in [0.29, 0.717) is 5.75 Å². The lowest BCUT2D eigenvalue weighted by Crippen LogP contribution is -2.19. The molecule has 2 aliphatic rings. The molecule has 0 saturated heterocycles. The number of Topliss-reactive ketones (excluding diaryl/α,β-unsaturated/α-hetero) is 1. The maximum absolute atomic E-state index is 11.9. The lowest BCUT2D eigenvalue weighted by atomic mass is 9.83. The van der Waals surface area contributed by atoms with E-state index < -0.39 is 0 Å². The van der Waals surface area contributed by atoms with Crippen molar-refractivity contribution in [2.24, 2.45) is 5.92 Å². The van der Waals surface area contributed by atoms with Gasteiger partial charge in [-0.05, 0) is 30.5 Å². The summed E-state index contributed by atoms with van der Waals surface area (Å²) >= 11 is 0. The fourth-order valence-electron chi connectivity index (χ4n) is 2.19. The van der Waals surface area contributed by atoms with E-state index in [1.54, 1.807) is 0 Å². The Morgan fingerprint density at radius 3 is 2.80 bits per heavy atom. The van der Waals surface area contributed by atoms with Gasteiger partial charge in [-0.1, -0.05) is 6.92 Å². The van der Waals surface area contributed by atoms with Gasteiger partial charge in [-0.3, -0.25) is 4.79 Å². The predicted molar refractivity (Wildman–Crippen MR) is 54.4 cm³/mol. The first-order valence-corrected chi connectivity index (χ1v) is 5.22. The van der Waals surface area contributed by atoms with Crippen molar-refractivity contribution < 1.29 is 14.3 Å². The Kier molecular flexibility index (Phi) is 1.75. The zero-order chi connectivity index (χ0) is 10.4. The molecular formula is C12H12O3. The second-order valence-corrected chi connectivity index (χ2v) is 4.17. The summed E-state index contributed by atoms with van der Waals surface area (Å²) in [6.07, 6.45) is 1.89. The van der Waals surface area contributed by atoms with Gasteiger partial charge in [0.25, 0.3) is 0 Å². The van der Waals surface area contributed by atoms with Crippen LogP contribution in [0.5, 0.6) is 11.5 Å². The average molecular weight is 204 g/mol. The zero-order valence-corrected chi connectivity index (χ0v) is 8.58. The van der Waals surface area contributed by atoms with Crippen molar-refractivity contribution in [3.63, 3.8) is 0 Å². The van der Waals surface area contributed by atoms with Gasteiger partial charge in [0.2, 0.25) is 6.79 Å². The molecule has 3 nitrogen and oxygen atoms in total. The number of ketones is 1. The number of ether oxygens (including phenoxy) is 2. The van der Waals surface area contributed by atoms with Gasteiger partial charge < -0.3 is 9.47 Å². The summed E-state index contributed by atoms with van der Waals surface area (Å²) in [5.74, 6) is 1.85. The van der Waals surface area contributed by atoms with Crippen LogP contribution in [0.3, 0.4) is 0 Å². The van der Waals surface area contributed by atoms with Crippen molar-refractivity contribution in [1.29, 1.82) is 0 Å². The van der Waals surface area contributed by atoms with Gasteiger partial charge in [0.05, 0.1) is 0 Å². The average Bonchev–Trinajstić information content (AvgIpc) is 2.68. The van der Waals surface area contributed by atoms with Crippen LogP contribution in [0.15, 0.2) is 12.1 Å². The van der Waals surface area contributed by atoms with Crippen LogP contribution in [0.1, 0.15) is 29.3 Å². The van der Waals surface area contributed by atoms with Crippen molar-refractivity contribution in [2.75, 3.05) is 6.79 Å². The fraction of sp³-hybridized carbons (Fsp3) is 0.417. The van der Waals surface area contributed by atoms with E-state index >= 15 is 0 Å². The Morgan fingerprint density at radius 2 is 2.00 bits per heavy atom. The van der Waals surface area contributed by atoms with E-state index in [2.05, 4.69) is 0 Å².